The van der Waals surface area contributed by atoms with Crippen LogP contribution < -0.4 is 5.32 Å². The highest BCUT2D eigenvalue weighted by atomic mass is 35.5. The summed E-state index contributed by atoms with van der Waals surface area (Å²) >= 11 is 18.6. The molecule has 0 aliphatic rings. The third-order valence-electron chi connectivity index (χ3n) is 4.49. The molecule has 0 saturated carbocycles. The van der Waals surface area contributed by atoms with E-state index in [-0.39, 0.29) is 17.1 Å². The third-order valence-corrected chi connectivity index (χ3v) is 5.31. The Morgan fingerprint density at radius 2 is 1.72 bits per heavy atom. The number of para-hydroxylation sites is 1. The molecule has 1 unspecified atom stereocenters. The molecule has 0 spiro atoms. The van der Waals surface area contributed by atoms with Crippen LogP contribution in [0.2, 0.25) is 15.3 Å². The van der Waals surface area contributed by atoms with Gasteiger partial charge in [0.2, 0.25) is 5.28 Å². The smallest absolute Gasteiger partial charge is 0.224 e. The molecular weight excluding hydrogens is 434 g/mol. The molecule has 0 amide bonds. The maximum atomic E-state index is 14.1. The monoisotopic (exact) mass is 446 g/mol. The zero-order valence-electron chi connectivity index (χ0n) is 15.1. The number of nitrogens with one attached hydrogen (secondary N) is 1. The molecule has 0 fully saturated rings. The molecule has 29 heavy (non-hydrogen) atoms. The zero-order chi connectivity index (χ0) is 20.5. The van der Waals surface area contributed by atoms with Gasteiger partial charge in [-0.1, -0.05) is 53.5 Å². The van der Waals surface area contributed by atoms with Gasteiger partial charge in [0.15, 0.2) is 11.6 Å². The van der Waals surface area contributed by atoms with Crippen molar-refractivity contribution in [2.75, 3.05) is 5.32 Å². The van der Waals surface area contributed by atoms with Crippen molar-refractivity contribution in [1.82, 2.24) is 15.0 Å². The van der Waals surface area contributed by atoms with E-state index in [2.05, 4.69) is 15.3 Å². The Hall–Kier alpha value is -2.47. The number of hydrogen-bond donors (Lipinski definition) is 1. The number of anilines is 1. The summed E-state index contributed by atoms with van der Waals surface area (Å²) < 4.78 is 14.1. The predicted molar refractivity (Wildman–Crippen MR) is 116 cm³/mol. The number of pyridine rings is 1. The molecule has 1 atom stereocenters. The number of aromatic nitrogens is 3. The number of benzene rings is 2. The molecule has 1 N–H and O–H groups in total. The van der Waals surface area contributed by atoms with Gasteiger partial charge in [0.05, 0.1) is 28.5 Å². The minimum Gasteiger partial charge on any atom is -0.361 e. The first-order valence-electron chi connectivity index (χ1n) is 8.72. The summed E-state index contributed by atoms with van der Waals surface area (Å²) in [6, 6.07) is 14.6. The lowest BCUT2D eigenvalue weighted by atomic mass is 9.98. The predicted octanol–water partition coefficient (Wildman–Crippen LogP) is 6.96. The van der Waals surface area contributed by atoms with E-state index in [0.717, 1.165) is 22.7 Å². The Morgan fingerprint density at radius 1 is 0.966 bits per heavy atom. The Kier molecular flexibility index (Phi) is 5.54. The molecule has 2 aromatic heterocycles. The van der Waals surface area contributed by atoms with Crippen LogP contribution in [0.25, 0.3) is 22.2 Å². The standard InChI is InChI=1S/C21H14Cl3FN4/c1-11(27-20-17(25)10-26-21(24)29-20)14-9-12-5-4-8-16(23)18(12)28-19(14)13-6-2-3-7-15(13)22/h2-11H,1H3,(H,26,27,29). The molecule has 0 saturated heterocycles. The van der Waals surface area contributed by atoms with Gasteiger partial charge in [-0.05, 0) is 36.7 Å². The molecule has 2 aromatic carbocycles. The quantitative estimate of drug-likeness (QED) is 0.343. The van der Waals surface area contributed by atoms with E-state index >= 15 is 0 Å². The highest BCUT2D eigenvalue weighted by molar-refractivity contribution is 6.35. The first kappa shape index (κ1) is 19.8. The summed E-state index contributed by atoms with van der Waals surface area (Å²) in [6.07, 6.45) is 1.03. The van der Waals surface area contributed by atoms with E-state index in [4.69, 9.17) is 39.8 Å². The minimum atomic E-state index is -0.600. The number of nitrogens with zero attached hydrogens (tertiary/aromatic N) is 3. The van der Waals surface area contributed by atoms with Gasteiger partial charge in [0, 0.05) is 21.5 Å². The van der Waals surface area contributed by atoms with Crippen LogP contribution in [0.5, 0.6) is 0 Å². The van der Waals surface area contributed by atoms with E-state index < -0.39 is 5.82 Å². The van der Waals surface area contributed by atoms with Crippen molar-refractivity contribution >= 4 is 51.5 Å². The maximum absolute atomic E-state index is 14.1. The molecule has 146 valence electrons. The molecule has 4 nitrogen and oxygen atoms in total. The minimum absolute atomic E-state index is 0.00815. The molecule has 0 radical (unpaired) electrons. The normalized spacial score (nSPS) is 12.2. The molecule has 2 heterocycles. The van der Waals surface area contributed by atoms with E-state index in [9.17, 15) is 4.39 Å². The van der Waals surface area contributed by atoms with Gasteiger partial charge >= 0.3 is 0 Å². The van der Waals surface area contributed by atoms with Crippen molar-refractivity contribution in [3.05, 3.63) is 81.4 Å². The highest BCUT2D eigenvalue weighted by Gasteiger charge is 2.19. The van der Waals surface area contributed by atoms with E-state index in [1.807, 2.05) is 43.3 Å². The van der Waals surface area contributed by atoms with Gasteiger partial charge in [-0.2, -0.15) is 4.98 Å². The van der Waals surface area contributed by atoms with Crippen molar-refractivity contribution in [1.29, 1.82) is 0 Å². The first-order valence-corrected chi connectivity index (χ1v) is 9.86. The average molecular weight is 448 g/mol. The van der Waals surface area contributed by atoms with Crippen molar-refractivity contribution in [3.63, 3.8) is 0 Å². The van der Waals surface area contributed by atoms with Gasteiger partial charge in [-0.3, -0.25) is 0 Å². The van der Waals surface area contributed by atoms with Crippen LogP contribution in [0, 0.1) is 5.82 Å². The Morgan fingerprint density at radius 3 is 2.52 bits per heavy atom. The highest BCUT2D eigenvalue weighted by Crippen LogP contribution is 2.36. The van der Waals surface area contributed by atoms with Crippen LogP contribution in [-0.4, -0.2) is 15.0 Å². The van der Waals surface area contributed by atoms with Crippen molar-refractivity contribution in [2.24, 2.45) is 0 Å². The van der Waals surface area contributed by atoms with Crippen LogP contribution in [0.4, 0.5) is 10.2 Å². The Balaban J connectivity index is 1.89. The van der Waals surface area contributed by atoms with Crippen LogP contribution in [0.3, 0.4) is 0 Å². The van der Waals surface area contributed by atoms with Crippen LogP contribution in [-0.2, 0) is 0 Å². The van der Waals surface area contributed by atoms with Crippen LogP contribution >= 0.6 is 34.8 Å². The van der Waals surface area contributed by atoms with Gasteiger partial charge in [0.1, 0.15) is 0 Å². The van der Waals surface area contributed by atoms with E-state index in [1.165, 1.54) is 0 Å². The van der Waals surface area contributed by atoms with Crippen molar-refractivity contribution in [3.8, 4) is 11.3 Å². The second-order valence-electron chi connectivity index (χ2n) is 6.42. The number of halogens is 4. The lowest BCUT2D eigenvalue weighted by Gasteiger charge is -2.20. The van der Waals surface area contributed by atoms with Crippen molar-refractivity contribution < 1.29 is 4.39 Å². The molecule has 8 heteroatoms. The molecular formula is C21H14Cl3FN4. The second-order valence-corrected chi connectivity index (χ2v) is 7.57. The fourth-order valence-corrected chi connectivity index (χ4v) is 3.69. The molecule has 0 bridgehead atoms. The molecule has 0 aliphatic carbocycles. The van der Waals surface area contributed by atoms with Crippen LogP contribution in [0.15, 0.2) is 54.7 Å². The van der Waals surface area contributed by atoms with E-state index in [0.29, 0.717) is 21.3 Å². The number of fused-ring (bicyclic) bond motifs is 1. The summed E-state index contributed by atoms with van der Waals surface area (Å²) in [6.45, 7) is 1.88. The molecule has 0 aliphatic heterocycles. The second kappa shape index (κ2) is 8.11. The van der Waals surface area contributed by atoms with Gasteiger partial charge in [-0.25, -0.2) is 14.4 Å². The Bertz CT molecular complexity index is 1220. The summed E-state index contributed by atoms with van der Waals surface area (Å²) in [7, 11) is 0. The summed E-state index contributed by atoms with van der Waals surface area (Å²) in [5.74, 6) is -0.592. The Labute approximate surface area is 181 Å². The maximum Gasteiger partial charge on any atom is 0.224 e. The molecule has 4 rings (SSSR count). The lowest BCUT2D eigenvalue weighted by Crippen LogP contribution is -2.12. The average Bonchev–Trinajstić information content (AvgIpc) is 2.70. The van der Waals surface area contributed by atoms with Crippen LogP contribution in [0.1, 0.15) is 18.5 Å². The number of rotatable bonds is 4. The van der Waals surface area contributed by atoms with Gasteiger partial charge in [-0.15, -0.1) is 0 Å². The largest absolute Gasteiger partial charge is 0.361 e. The van der Waals surface area contributed by atoms with Gasteiger partial charge in [0.25, 0.3) is 0 Å². The molecule has 4 aromatic rings. The fraction of sp³-hybridized carbons (Fsp3) is 0.0952. The summed E-state index contributed by atoms with van der Waals surface area (Å²) in [5, 5.41) is 4.95. The number of hydrogen-bond acceptors (Lipinski definition) is 4. The van der Waals surface area contributed by atoms with Crippen molar-refractivity contribution in [2.45, 2.75) is 13.0 Å². The topological polar surface area (TPSA) is 50.7 Å². The van der Waals surface area contributed by atoms with Gasteiger partial charge < -0.3 is 5.32 Å². The lowest BCUT2D eigenvalue weighted by molar-refractivity contribution is 0.613. The summed E-state index contributed by atoms with van der Waals surface area (Å²) in [4.78, 5) is 12.4. The first-order chi connectivity index (χ1) is 13.9. The SMILES string of the molecule is CC(Nc1nc(Cl)ncc1F)c1cc2cccc(Cl)c2nc1-c1ccccc1Cl. The fourth-order valence-electron chi connectivity index (χ4n) is 3.11. The third kappa shape index (κ3) is 3.99. The van der Waals surface area contributed by atoms with E-state index in [1.54, 1.807) is 12.1 Å². The zero-order valence-corrected chi connectivity index (χ0v) is 17.4. The summed E-state index contributed by atoms with van der Waals surface area (Å²) in [5.41, 5.74) is 2.87.